The van der Waals surface area contributed by atoms with Gasteiger partial charge in [0.1, 0.15) is 11.1 Å². The largest absolute Gasteiger partial charge is 0.341 e. The predicted molar refractivity (Wildman–Crippen MR) is 139 cm³/mol. The Labute approximate surface area is 210 Å². The second-order valence-electron chi connectivity index (χ2n) is 8.89. The number of H-pyrrole nitrogens is 1. The van der Waals surface area contributed by atoms with Gasteiger partial charge in [-0.3, -0.25) is 18.6 Å². The first-order valence-electron chi connectivity index (χ1n) is 11.3. The van der Waals surface area contributed by atoms with Crippen LogP contribution >= 0.6 is 10.8 Å². The molecule has 11 heteroatoms. The van der Waals surface area contributed by atoms with Gasteiger partial charge in [0.2, 0.25) is 15.9 Å². The van der Waals surface area contributed by atoms with Crippen molar-refractivity contribution < 1.29 is 22.3 Å². The van der Waals surface area contributed by atoms with Crippen LogP contribution < -0.4 is 9.44 Å². The molecule has 2 atom stereocenters. The molecule has 5 N–H and O–H groups in total. The summed E-state index contributed by atoms with van der Waals surface area (Å²) in [4.78, 5) is 19.7. The number of para-hydroxylation sites is 2. The van der Waals surface area contributed by atoms with E-state index in [0.29, 0.717) is 17.8 Å². The van der Waals surface area contributed by atoms with E-state index in [0.717, 1.165) is 22.2 Å². The molecule has 1 amide bonds. The maximum atomic E-state index is 13.3. The Bertz CT molecular complexity index is 1500. The zero-order valence-electron chi connectivity index (χ0n) is 19.4. The summed E-state index contributed by atoms with van der Waals surface area (Å²) in [6.45, 7) is 1.83. The van der Waals surface area contributed by atoms with Crippen molar-refractivity contribution in [3.05, 3.63) is 95.3 Å². The predicted octanol–water partition coefficient (Wildman–Crippen LogP) is 4.36. The van der Waals surface area contributed by atoms with Gasteiger partial charge in [-0.1, -0.05) is 48.5 Å². The summed E-state index contributed by atoms with van der Waals surface area (Å²) in [5.74, 6) is 0.0795. The monoisotopic (exact) mass is 526 g/mol. The zero-order chi connectivity index (χ0) is 25.5. The molecule has 0 radical (unpaired) electrons. The van der Waals surface area contributed by atoms with Crippen molar-refractivity contribution in [3.8, 4) is 0 Å². The Hall–Kier alpha value is -3.22. The summed E-state index contributed by atoms with van der Waals surface area (Å²) in [6, 6.07) is 20.5. The Balaban J connectivity index is 1.45. The van der Waals surface area contributed by atoms with E-state index in [-0.39, 0.29) is 11.3 Å². The van der Waals surface area contributed by atoms with Crippen LogP contribution in [0.15, 0.2) is 77.7 Å². The van der Waals surface area contributed by atoms with Gasteiger partial charge >= 0.3 is 0 Å². The van der Waals surface area contributed by atoms with Crippen molar-refractivity contribution in [3.63, 3.8) is 0 Å². The van der Waals surface area contributed by atoms with E-state index in [1.807, 2.05) is 37.3 Å². The molecule has 1 aliphatic heterocycles. The van der Waals surface area contributed by atoms with Crippen molar-refractivity contribution in [2.45, 2.75) is 36.0 Å². The molecule has 4 aromatic rings. The molecule has 1 saturated heterocycles. The summed E-state index contributed by atoms with van der Waals surface area (Å²) in [6.07, 6.45) is 0.294. The number of hydrogen-bond acceptors (Lipinski definition) is 6. The number of carbonyl (C=O) groups is 1. The van der Waals surface area contributed by atoms with Gasteiger partial charge in [-0.15, -0.1) is 10.8 Å². The third-order valence-corrected chi connectivity index (χ3v) is 9.39. The highest BCUT2D eigenvalue weighted by atomic mass is 32.3. The molecule has 0 aliphatic carbocycles. The lowest BCUT2D eigenvalue weighted by atomic mass is 10.0. The van der Waals surface area contributed by atoms with Crippen molar-refractivity contribution in [2.75, 3.05) is 0 Å². The van der Waals surface area contributed by atoms with Gasteiger partial charge in [-0.05, 0) is 54.3 Å². The summed E-state index contributed by atoms with van der Waals surface area (Å²) in [5.41, 5.74) is 3.79. The molecule has 1 aromatic heterocycles. The molecular formula is C25H26N4O5S2. The summed E-state index contributed by atoms with van der Waals surface area (Å²) in [7, 11) is -7.10. The van der Waals surface area contributed by atoms with Crippen LogP contribution in [-0.2, 0) is 21.2 Å². The average Bonchev–Trinajstić information content (AvgIpc) is 3.38. The number of aromatic amines is 1. The maximum Gasteiger partial charge on any atom is 0.241 e. The van der Waals surface area contributed by atoms with Gasteiger partial charge in [0, 0.05) is 0 Å². The van der Waals surface area contributed by atoms with Crippen LogP contribution in [0, 0.1) is 6.92 Å². The standard InChI is InChI=1S/C25H26N4O5S2/c1-16-5-4-6-19(13-16)35(31,32)28-22(25-26-20-7-2-3-8-21(20)27-25)14-17-9-11-18(12-10-17)23-15-24(30)29-36(23,33)34/h2-13,22-23,28,33-34H,14-15H2,1H3,(H,26,27)(H,29,30)/t22-,23?/m0/s1. The van der Waals surface area contributed by atoms with Crippen molar-refractivity contribution >= 4 is 37.7 Å². The van der Waals surface area contributed by atoms with Gasteiger partial charge in [0.15, 0.2) is 0 Å². The maximum absolute atomic E-state index is 13.3. The number of amides is 1. The zero-order valence-corrected chi connectivity index (χ0v) is 21.0. The van der Waals surface area contributed by atoms with Gasteiger partial charge in [-0.2, -0.15) is 0 Å². The van der Waals surface area contributed by atoms with E-state index >= 15 is 0 Å². The summed E-state index contributed by atoms with van der Waals surface area (Å²) in [5, 5.41) is -0.718. The highest BCUT2D eigenvalue weighted by Crippen LogP contribution is 2.56. The van der Waals surface area contributed by atoms with Gasteiger partial charge < -0.3 is 4.98 Å². The van der Waals surface area contributed by atoms with E-state index in [1.54, 1.807) is 42.5 Å². The second kappa shape index (κ2) is 9.34. The molecule has 9 nitrogen and oxygen atoms in total. The quantitative estimate of drug-likeness (QED) is 0.242. The van der Waals surface area contributed by atoms with Gasteiger partial charge in [-0.25, -0.2) is 18.1 Å². The molecule has 0 saturated carbocycles. The first-order chi connectivity index (χ1) is 17.1. The number of fused-ring (bicyclic) bond motifs is 1. The normalized spacial score (nSPS) is 19.2. The molecule has 1 fully saturated rings. The number of rotatable bonds is 7. The first kappa shape index (κ1) is 24.5. The Morgan fingerprint density at radius 2 is 1.83 bits per heavy atom. The van der Waals surface area contributed by atoms with Crippen molar-refractivity contribution in [1.82, 2.24) is 19.4 Å². The third kappa shape index (κ3) is 5.01. The molecule has 5 rings (SSSR count). The number of nitrogens with one attached hydrogen (secondary N) is 3. The number of carbonyl (C=O) groups excluding carboxylic acids is 1. The molecule has 1 aliphatic rings. The molecule has 3 aromatic carbocycles. The highest BCUT2D eigenvalue weighted by Gasteiger charge is 2.38. The molecule has 188 valence electrons. The van der Waals surface area contributed by atoms with E-state index in [2.05, 4.69) is 19.4 Å². The van der Waals surface area contributed by atoms with Crippen LogP contribution in [0.25, 0.3) is 11.0 Å². The number of aryl methyl sites for hydroxylation is 1. The summed E-state index contributed by atoms with van der Waals surface area (Å²) >= 11 is 0. The summed E-state index contributed by atoms with van der Waals surface area (Å²) < 4.78 is 51.9. The van der Waals surface area contributed by atoms with Crippen LogP contribution in [0.4, 0.5) is 0 Å². The van der Waals surface area contributed by atoms with E-state index in [4.69, 9.17) is 0 Å². The molecule has 0 bridgehead atoms. The lowest BCUT2D eigenvalue weighted by Gasteiger charge is -2.32. The van der Waals surface area contributed by atoms with Crippen LogP contribution in [0.5, 0.6) is 0 Å². The lowest BCUT2D eigenvalue weighted by Crippen LogP contribution is -2.31. The van der Waals surface area contributed by atoms with Crippen molar-refractivity contribution in [2.24, 2.45) is 0 Å². The fourth-order valence-electron chi connectivity index (χ4n) is 4.35. The molecule has 36 heavy (non-hydrogen) atoms. The molecule has 2 heterocycles. The molecule has 0 spiro atoms. The van der Waals surface area contributed by atoms with Crippen LogP contribution in [-0.4, -0.2) is 33.4 Å². The topological polar surface area (TPSA) is 144 Å². The number of nitrogens with zero attached hydrogens (tertiary/aromatic N) is 1. The van der Waals surface area contributed by atoms with Crippen LogP contribution in [0.2, 0.25) is 0 Å². The Morgan fingerprint density at radius 1 is 1.08 bits per heavy atom. The van der Waals surface area contributed by atoms with Crippen LogP contribution in [0.1, 0.15) is 40.2 Å². The second-order valence-corrected chi connectivity index (χ2v) is 12.6. The number of hydrogen-bond donors (Lipinski definition) is 5. The van der Waals surface area contributed by atoms with Gasteiger partial charge in [0.25, 0.3) is 0 Å². The number of aromatic nitrogens is 2. The number of sulfonamides is 1. The Kier molecular flexibility index (Phi) is 6.35. The Morgan fingerprint density at radius 3 is 2.50 bits per heavy atom. The fourth-order valence-corrected chi connectivity index (χ4v) is 7.13. The SMILES string of the molecule is Cc1cccc(S(=O)(=O)N[C@@H](Cc2ccc(C3CC(=O)NS3(O)O)cc2)c2nc3ccccc3[nH]2)c1. The van der Waals surface area contributed by atoms with Gasteiger partial charge in [0.05, 0.1) is 28.4 Å². The third-order valence-electron chi connectivity index (χ3n) is 6.16. The lowest BCUT2D eigenvalue weighted by molar-refractivity contribution is -0.118. The smallest absolute Gasteiger partial charge is 0.241 e. The fraction of sp³-hybridized carbons (Fsp3) is 0.200. The minimum Gasteiger partial charge on any atom is -0.341 e. The molecular weight excluding hydrogens is 500 g/mol. The molecule has 1 unspecified atom stereocenters. The first-order valence-corrected chi connectivity index (χ1v) is 14.4. The highest BCUT2D eigenvalue weighted by molar-refractivity contribution is 8.23. The van der Waals surface area contributed by atoms with Crippen molar-refractivity contribution in [1.29, 1.82) is 0 Å². The number of benzene rings is 3. The van der Waals surface area contributed by atoms with Crippen LogP contribution in [0.3, 0.4) is 0 Å². The average molecular weight is 527 g/mol. The van der Waals surface area contributed by atoms with E-state index in [9.17, 15) is 22.3 Å². The minimum absolute atomic E-state index is 0.000416. The number of imidazole rings is 1. The van der Waals surface area contributed by atoms with E-state index in [1.165, 1.54) is 0 Å². The van der Waals surface area contributed by atoms with E-state index < -0.39 is 38.0 Å². The minimum atomic E-state index is -3.85.